The van der Waals surface area contributed by atoms with Crippen molar-refractivity contribution in [1.82, 2.24) is 15.5 Å². The van der Waals surface area contributed by atoms with E-state index in [9.17, 15) is 14.4 Å². The Morgan fingerprint density at radius 2 is 1.77 bits per heavy atom. The van der Waals surface area contributed by atoms with E-state index in [4.69, 9.17) is 23.2 Å². The van der Waals surface area contributed by atoms with E-state index in [-0.39, 0.29) is 18.5 Å². The van der Waals surface area contributed by atoms with Crippen LogP contribution in [-0.4, -0.2) is 47.9 Å². The van der Waals surface area contributed by atoms with Gasteiger partial charge in [-0.15, -0.1) is 0 Å². The van der Waals surface area contributed by atoms with Gasteiger partial charge in [0.1, 0.15) is 0 Å². The van der Waals surface area contributed by atoms with E-state index in [1.807, 2.05) is 0 Å². The normalized spacial score (nSPS) is 19.8. The van der Waals surface area contributed by atoms with Gasteiger partial charge < -0.3 is 10.6 Å². The zero-order valence-electron chi connectivity index (χ0n) is 14.1. The van der Waals surface area contributed by atoms with Crippen LogP contribution in [0.5, 0.6) is 0 Å². The summed E-state index contributed by atoms with van der Waals surface area (Å²) >= 11 is 11.9. The quantitative estimate of drug-likeness (QED) is 0.709. The monoisotopic (exact) mass is 398 g/mol. The molecule has 1 aliphatic carbocycles. The van der Waals surface area contributed by atoms with Crippen molar-refractivity contribution < 1.29 is 14.4 Å². The van der Waals surface area contributed by atoms with Gasteiger partial charge in [0.25, 0.3) is 0 Å². The molecule has 1 aliphatic heterocycles. The van der Waals surface area contributed by atoms with Gasteiger partial charge in [0.2, 0.25) is 11.8 Å². The lowest BCUT2D eigenvalue weighted by Gasteiger charge is -2.23. The number of benzene rings is 1. The van der Waals surface area contributed by atoms with Crippen molar-refractivity contribution in [2.45, 2.75) is 37.8 Å². The molecule has 3 N–H and O–H groups in total. The highest BCUT2D eigenvalue weighted by atomic mass is 35.5. The largest absolute Gasteiger partial charge is 0.335 e. The first-order valence-corrected chi connectivity index (χ1v) is 9.27. The van der Waals surface area contributed by atoms with Crippen molar-refractivity contribution >= 4 is 46.7 Å². The fourth-order valence-electron chi connectivity index (χ4n) is 2.96. The smallest absolute Gasteiger partial charge is 0.321 e. The molecule has 2 aliphatic rings. The third-order valence-corrected chi connectivity index (χ3v) is 4.75. The van der Waals surface area contributed by atoms with E-state index in [1.165, 1.54) is 0 Å². The molecule has 0 radical (unpaired) electrons. The fraction of sp³-hybridized carbons (Fsp3) is 0.471. The predicted octanol–water partition coefficient (Wildman–Crippen LogP) is 2.38. The van der Waals surface area contributed by atoms with Crippen LogP contribution in [0.25, 0.3) is 0 Å². The summed E-state index contributed by atoms with van der Waals surface area (Å²) in [6.45, 7) is 0.610. The second kappa shape index (κ2) is 8.24. The third kappa shape index (κ3) is 5.33. The molecule has 0 aromatic heterocycles. The van der Waals surface area contributed by atoms with Crippen molar-refractivity contribution in [3.05, 3.63) is 28.2 Å². The number of likely N-dealkylation sites (tertiary alicyclic amines) is 1. The van der Waals surface area contributed by atoms with Crippen LogP contribution >= 0.6 is 23.2 Å². The van der Waals surface area contributed by atoms with Crippen LogP contribution in [0.3, 0.4) is 0 Å². The molecule has 0 bridgehead atoms. The lowest BCUT2D eigenvalue weighted by Crippen LogP contribution is -2.48. The molecule has 1 atom stereocenters. The number of nitrogens with one attached hydrogen (secondary N) is 3. The summed E-state index contributed by atoms with van der Waals surface area (Å²) in [6, 6.07) is 4.06. The van der Waals surface area contributed by atoms with Gasteiger partial charge in [0, 0.05) is 21.8 Å². The van der Waals surface area contributed by atoms with Crippen LogP contribution in [0.15, 0.2) is 18.2 Å². The summed E-state index contributed by atoms with van der Waals surface area (Å²) in [7, 11) is 0. The zero-order valence-corrected chi connectivity index (χ0v) is 15.6. The molecule has 9 heteroatoms. The lowest BCUT2D eigenvalue weighted by atomic mass is 10.2. The number of amides is 4. The molecule has 26 heavy (non-hydrogen) atoms. The molecule has 0 spiro atoms. The van der Waals surface area contributed by atoms with Crippen LogP contribution in [0.4, 0.5) is 10.5 Å². The molecular formula is C17H20Cl2N4O3. The van der Waals surface area contributed by atoms with Crippen LogP contribution < -0.4 is 16.0 Å². The summed E-state index contributed by atoms with van der Waals surface area (Å²) in [4.78, 5) is 38.0. The minimum atomic E-state index is -0.480. The summed E-state index contributed by atoms with van der Waals surface area (Å²) in [5, 5.41) is 8.64. The van der Waals surface area contributed by atoms with Crippen molar-refractivity contribution in [3.63, 3.8) is 0 Å². The van der Waals surface area contributed by atoms with Crippen LogP contribution in [-0.2, 0) is 9.59 Å². The number of imide groups is 1. The minimum absolute atomic E-state index is 0.00746. The lowest BCUT2D eigenvalue weighted by molar-refractivity contribution is -0.124. The maximum absolute atomic E-state index is 12.6. The molecular weight excluding hydrogens is 379 g/mol. The number of hydrogen-bond acceptors (Lipinski definition) is 4. The minimum Gasteiger partial charge on any atom is -0.335 e. The summed E-state index contributed by atoms with van der Waals surface area (Å²) in [6.07, 6.45) is 3.34. The van der Waals surface area contributed by atoms with Crippen molar-refractivity contribution in [3.8, 4) is 0 Å². The van der Waals surface area contributed by atoms with Crippen LogP contribution in [0.2, 0.25) is 10.0 Å². The molecule has 140 valence electrons. The average Bonchev–Trinajstić information content (AvgIpc) is 3.21. The van der Waals surface area contributed by atoms with Crippen LogP contribution in [0.1, 0.15) is 25.7 Å². The first-order valence-electron chi connectivity index (χ1n) is 8.52. The van der Waals surface area contributed by atoms with E-state index in [0.29, 0.717) is 28.7 Å². The van der Waals surface area contributed by atoms with Gasteiger partial charge in [-0.25, -0.2) is 4.79 Å². The molecule has 4 amide bonds. The van der Waals surface area contributed by atoms with E-state index in [1.54, 1.807) is 23.1 Å². The fourth-order valence-corrected chi connectivity index (χ4v) is 3.49. The summed E-state index contributed by atoms with van der Waals surface area (Å²) in [5.74, 6) is -0.648. The second-order valence-corrected chi connectivity index (χ2v) is 7.44. The number of halogens is 2. The Labute approximate surface area is 161 Å². The number of carbonyl (C=O) groups excluding carboxylic acids is 3. The van der Waals surface area contributed by atoms with Crippen molar-refractivity contribution in [2.24, 2.45) is 0 Å². The van der Waals surface area contributed by atoms with Crippen molar-refractivity contribution in [2.75, 3.05) is 18.4 Å². The predicted molar refractivity (Wildman–Crippen MR) is 99.4 cm³/mol. The summed E-state index contributed by atoms with van der Waals surface area (Å²) in [5.41, 5.74) is 0.507. The van der Waals surface area contributed by atoms with E-state index < -0.39 is 18.0 Å². The van der Waals surface area contributed by atoms with E-state index in [2.05, 4.69) is 16.0 Å². The average molecular weight is 399 g/mol. The summed E-state index contributed by atoms with van der Waals surface area (Å²) < 4.78 is 0. The van der Waals surface area contributed by atoms with Crippen molar-refractivity contribution in [1.29, 1.82) is 0 Å². The van der Waals surface area contributed by atoms with Gasteiger partial charge in [-0.2, -0.15) is 0 Å². The first kappa shape index (κ1) is 18.9. The first-order chi connectivity index (χ1) is 12.4. The highest BCUT2D eigenvalue weighted by Crippen LogP contribution is 2.24. The molecule has 2 fully saturated rings. The van der Waals surface area contributed by atoms with Gasteiger partial charge in [-0.1, -0.05) is 23.2 Å². The number of anilines is 1. The highest BCUT2D eigenvalue weighted by molar-refractivity contribution is 6.35. The van der Waals surface area contributed by atoms with Gasteiger partial charge in [0.05, 0.1) is 12.6 Å². The second-order valence-electron chi connectivity index (χ2n) is 6.57. The van der Waals surface area contributed by atoms with Gasteiger partial charge in [0.15, 0.2) is 0 Å². The van der Waals surface area contributed by atoms with Crippen LogP contribution in [0, 0.1) is 0 Å². The van der Waals surface area contributed by atoms with Gasteiger partial charge in [-0.05, 0) is 50.4 Å². The molecule has 1 saturated heterocycles. The zero-order chi connectivity index (χ0) is 18.7. The van der Waals surface area contributed by atoms with E-state index >= 15 is 0 Å². The Morgan fingerprint density at radius 3 is 2.42 bits per heavy atom. The third-order valence-electron chi connectivity index (χ3n) is 4.31. The Balaban J connectivity index is 1.53. The molecule has 7 nitrogen and oxygen atoms in total. The Hall–Kier alpha value is -1.83. The standard InChI is InChI=1S/C17H20Cl2N4O3/c18-10-6-11(19)8-13(7-10)20-16(25)14-2-1-5-23(14)9-15(24)22-17(26)21-12-3-4-12/h6-8,12,14H,1-5,9H2,(H,20,25)(H2,21,22,24,26)/t14-/m1/s1. The van der Waals surface area contributed by atoms with E-state index in [0.717, 1.165) is 19.3 Å². The molecule has 1 aromatic rings. The highest BCUT2D eigenvalue weighted by Gasteiger charge is 2.32. The maximum atomic E-state index is 12.6. The Kier molecular flexibility index (Phi) is 6.01. The van der Waals surface area contributed by atoms with Gasteiger partial charge in [-0.3, -0.25) is 19.8 Å². The number of rotatable bonds is 5. The SMILES string of the molecule is O=C(CN1CCC[C@@H]1C(=O)Nc1cc(Cl)cc(Cl)c1)NC(=O)NC1CC1. The van der Waals surface area contributed by atoms with Gasteiger partial charge >= 0.3 is 6.03 Å². The molecule has 0 unspecified atom stereocenters. The number of hydrogen-bond donors (Lipinski definition) is 3. The molecule has 1 heterocycles. The number of urea groups is 1. The Morgan fingerprint density at radius 1 is 1.08 bits per heavy atom. The number of nitrogens with zero attached hydrogens (tertiary/aromatic N) is 1. The topological polar surface area (TPSA) is 90.5 Å². The molecule has 1 aromatic carbocycles. The Bertz CT molecular complexity index is 704. The molecule has 3 rings (SSSR count). The molecule has 1 saturated carbocycles. The number of carbonyl (C=O) groups is 3. The maximum Gasteiger partial charge on any atom is 0.321 e.